The lowest BCUT2D eigenvalue weighted by molar-refractivity contribution is 0.136. The zero-order valence-corrected chi connectivity index (χ0v) is 9.07. The van der Waals surface area contributed by atoms with Gasteiger partial charge in [0.15, 0.2) is 0 Å². The second kappa shape index (κ2) is 5.98. The fourth-order valence-corrected chi connectivity index (χ4v) is 1.90. The standard InChI is InChI=1S/C10H20N2O2/c1-3-9-8-12(6-7-14-2)5-4-10(9)11-13/h9,13H,3-8H2,1-2H3. The van der Waals surface area contributed by atoms with Crippen LogP contribution in [0.2, 0.25) is 0 Å². The van der Waals surface area contributed by atoms with Crippen molar-refractivity contribution in [1.82, 2.24) is 4.90 Å². The van der Waals surface area contributed by atoms with Crippen LogP contribution in [-0.4, -0.2) is 49.2 Å². The van der Waals surface area contributed by atoms with Gasteiger partial charge in [0.1, 0.15) is 0 Å². The van der Waals surface area contributed by atoms with E-state index in [1.54, 1.807) is 7.11 Å². The first-order valence-electron chi connectivity index (χ1n) is 5.24. The largest absolute Gasteiger partial charge is 0.411 e. The molecular weight excluding hydrogens is 180 g/mol. The molecular formula is C10H20N2O2. The van der Waals surface area contributed by atoms with Gasteiger partial charge < -0.3 is 14.8 Å². The summed E-state index contributed by atoms with van der Waals surface area (Å²) in [5, 5.41) is 12.2. The fraction of sp³-hybridized carbons (Fsp3) is 0.900. The molecule has 4 nitrogen and oxygen atoms in total. The summed E-state index contributed by atoms with van der Waals surface area (Å²) in [5.41, 5.74) is 0.959. The maximum atomic E-state index is 8.80. The highest BCUT2D eigenvalue weighted by molar-refractivity contribution is 5.87. The molecule has 14 heavy (non-hydrogen) atoms. The van der Waals surface area contributed by atoms with E-state index in [0.717, 1.165) is 44.8 Å². The first-order chi connectivity index (χ1) is 6.81. The Balaban J connectivity index is 2.40. The van der Waals surface area contributed by atoms with Crippen molar-refractivity contribution in [3.63, 3.8) is 0 Å². The molecule has 0 aromatic heterocycles. The van der Waals surface area contributed by atoms with Gasteiger partial charge in [-0.25, -0.2) is 0 Å². The van der Waals surface area contributed by atoms with Crippen molar-refractivity contribution in [2.24, 2.45) is 11.1 Å². The van der Waals surface area contributed by atoms with Gasteiger partial charge in [0.2, 0.25) is 0 Å². The Morgan fingerprint density at radius 1 is 1.64 bits per heavy atom. The lowest BCUT2D eigenvalue weighted by Gasteiger charge is -2.32. The minimum atomic E-state index is 0.422. The van der Waals surface area contributed by atoms with Crippen LogP contribution < -0.4 is 0 Å². The third kappa shape index (κ3) is 2.96. The van der Waals surface area contributed by atoms with Crippen molar-refractivity contribution in [2.45, 2.75) is 19.8 Å². The molecule has 0 aromatic carbocycles. The van der Waals surface area contributed by atoms with Crippen molar-refractivity contribution < 1.29 is 9.94 Å². The molecule has 0 bridgehead atoms. The molecule has 1 aliphatic rings. The van der Waals surface area contributed by atoms with E-state index >= 15 is 0 Å². The van der Waals surface area contributed by atoms with Crippen molar-refractivity contribution in [3.8, 4) is 0 Å². The van der Waals surface area contributed by atoms with Gasteiger partial charge in [-0.15, -0.1) is 0 Å². The minimum Gasteiger partial charge on any atom is -0.411 e. The number of hydrogen-bond acceptors (Lipinski definition) is 4. The molecule has 0 amide bonds. The number of hydrogen-bond donors (Lipinski definition) is 1. The van der Waals surface area contributed by atoms with Crippen LogP contribution in [0.4, 0.5) is 0 Å². The number of rotatable bonds is 4. The number of methoxy groups -OCH3 is 1. The Morgan fingerprint density at radius 3 is 3.00 bits per heavy atom. The Morgan fingerprint density at radius 2 is 2.43 bits per heavy atom. The molecule has 0 aromatic rings. The Bertz CT molecular complexity index is 195. The van der Waals surface area contributed by atoms with Gasteiger partial charge in [0.25, 0.3) is 0 Å². The fourth-order valence-electron chi connectivity index (χ4n) is 1.90. The molecule has 1 N–H and O–H groups in total. The molecule has 1 heterocycles. The minimum absolute atomic E-state index is 0.422. The summed E-state index contributed by atoms with van der Waals surface area (Å²) in [6.07, 6.45) is 1.93. The van der Waals surface area contributed by atoms with Crippen molar-refractivity contribution in [2.75, 3.05) is 33.4 Å². The van der Waals surface area contributed by atoms with E-state index < -0.39 is 0 Å². The van der Waals surface area contributed by atoms with Crippen LogP contribution in [0.15, 0.2) is 5.16 Å². The first kappa shape index (κ1) is 11.5. The van der Waals surface area contributed by atoms with Crippen molar-refractivity contribution in [3.05, 3.63) is 0 Å². The maximum absolute atomic E-state index is 8.80. The van der Waals surface area contributed by atoms with E-state index in [1.165, 1.54) is 0 Å². The highest BCUT2D eigenvalue weighted by Gasteiger charge is 2.24. The molecule has 0 aliphatic carbocycles. The molecule has 0 spiro atoms. The summed E-state index contributed by atoms with van der Waals surface area (Å²) in [6.45, 7) is 5.88. The van der Waals surface area contributed by atoms with E-state index in [1.807, 2.05) is 0 Å². The van der Waals surface area contributed by atoms with Crippen LogP contribution in [0.25, 0.3) is 0 Å². The van der Waals surface area contributed by atoms with Gasteiger partial charge in [0, 0.05) is 39.1 Å². The van der Waals surface area contributed by atoms with Crippen LogP contribution in [0.1, 0.15) is 19.8 Å². The van der Waals surface area contributed by atoms with Crippen LogP contribution in [0, 0.1) is 5.92 Å². The zero-order chi connectivity index (χ0) is 10.4. The number of likely N-dealkylation sites (tertiary alicyclic amines) is 1. The second-order valence-electron chi connectivity index (χ2n) is 3.74. The van der Waals surface area contributed by atoms with E-state index in [0.29, 0.717) is 5.92 Å². The normalized spacial score (nSPS) is 27.0. The van der Waals surface area contributed by atoms with E-state index in [-0.39, 0.29) is 0 Å². The van der Waals surface area contributed by atoms with Gasteiger partial charge in [0.05, 0.1) is 12.3 Å². The number of ether oxygens (including phenoxy) is 1. The Kier molecular flexibility index (Phi) is 4.90. The van der Waals surface area contributed by atoms with Crippen LogP contribution in [0.3, 0.4) is 0 Å². The highest BCUT2D eigenvalue weighted by Crippen LogP contribution is 2.16. The molecule has 1 fully saturated rings. The molecule has 82 valence electrons. The maximum Gasteiger partial charge on any atom is 0.0627 e. The molecule has 0 saturated carbocycles. The summed E-state index contributed by atoms with van der Waals surface area (Å²) >= 11 is 0. The summed E-state index contributed by atoms with van der Waals surface area (Å²) < 4.78 is 5.05. The lowest BCUT2D eigenvalue weighted by Crippen LogP contribution is -2.42. The first-order valence-corrected chi connectivity index (χ1v) is 5.24. The summed E-state index contributed by atoms with van der Waals surface area (Å²) in [5.74, 6) is 0.422. The predicted octanol–water partition coefficient (Wildman–Crippen LogP) is 1.19. The summed E-state index contributed by atoms with van der Waals surface area (Å²) in [6, 6.07) is 0. The molecule has 1 saturated heterocycles. The van der Waals surface area contributed by atoms with Gasteiger partial charge in [-0.1, -0.05) is 12.1 Å². The smallest absolute Gasteiger partial charge is 0.0627 e. The topological polar surface area (TPSA) is 45.1 Å². The monoisotopic (exact) mass is 200 g/mol. The van der Waals surface area contributed by atoms with Crippen LogP contribution in [0.5, 0.6) is 0 Å². The molecule has 0 radical (unpaired) electrons. The van der Waals surface area contributed by atoms with Gasteiger partial charge >= 0.3 is 0 Å². The average molecular weight is 200 g/mol. The van der Waals surface area contributed by atoms with Gasteiger partial charge in [-0.2, -0.15) is 0 Å². The second-order valence-corrected chi connectivity index (χ2v) is 3.74. The predicted molar refractivity (Wildman–Crippen MR) is 55.9 cm³/mol. The molecule has 1 rings (SSSR count). The molecule has 1 unspecified atom stereocenters. The zero-order valence-electron chi connectivity index (χ0n) is 9.07. The van der Waals surface area contributed by atoms with Crippen molar-refractivity contribution in [1.29, 1.82) is 0 Å². The number of nitrogens with zero attached hydrogens (tertiary/aromatic N) is 2. The third-order valence-electron chi connectivity index (χ3n) is 2.87. The number of piperidine rings is 1. The van der Waals surface area contributed by atoms with Crippen molar-refractivity contribution >= 4 is 5.71 Å². The third-order valence-corrected chi connectivity index (χ3v) is 2.87. The summed E-state index contributed by atoms with van der Waals surface area (Å²) in [7, 11) is 1.72. The lowest BCUT2D eigenvalue weighted by atomic mass is 9.93. The SMILES string of the molecule is CCC1CN(CCOC)CCC1=NO. The van der Waals surface area contributed by atoms with Gasteiger partial charge in [-0.05, 0) is 6.42 Å². The summed E-state index contributed by atoms with van der Waals surface area (Å²) in [4.78, 5) is 2.37. The van der Waals surface area contributed by atoms with Crippen LogP contribution in [-0.2, 0) is 4.74 Å². The van der Waals surface area contributed by atoms with E-state index in [2.05, 4.69) is 17.0 Å². The molecule has 1 atom stereocenters. The van der Waals surface area contributed by atoms with Crippen LogP contribution >= 0.6 is 0 Å². The van der Waals surface area contributed by atoms with Gasteiger partial charge in [-0.3, -0.25) is 0 Å². The quantitative estimate of drug-likeness (QED) is 0.548. The van der Waals surface area contributed by atoms with E-state index in [9.17, 15) is 0 Å². The van der Waals surface area contributed by atoms with E-state index in [4.69, 9.17) is 9.94 Å². The average Bonchev–Trinajstić information content (AvgIpc) is 2.25. The molecule has 1 aliphatic heterocycles. The Hall–Kier alpha value is -0.610. The Labute approximate surface area is 85.5 Å². The molecule has 4 heteroatoms. The number of oxime groups is 1. The highest BCUT2D eigenvalue weighted by atomic mass is 16.5.